The first-order chi connectivity index (χ1) is 10.7. The average molecular weight is 298 g/mol. The van der Waals surface area contributed by atoms with Gasteiger partial charge < -0.3 is 4.90 Å². The summed E-state index contributed by atoms with van der Waals surface area (Å²) in [5.74, 6) is 0.412. The van der Waals surface area contributed by atoms with Gasteiger partial charge >= 0.3 is 0 Å². The highest BCUT2D eigenvalue weighted by Crippen LogP contribution is 2.22. The van der Waals surface area contributed by atoms with Crippen LogP contribution in [0.5, 0.6) is 0 Å². The summed E-state index contributed by atoms with van der Waals surface area (Å²) in [5, 5.41) is 0. The van der Waals surface area contributed by atoms with Crippen molar-refractivity contribution in [3.8, 4) is 0 Å². The Balaban J connectivity index is 1.55. The summed E-state index contributed by atoms with van der Waals surface area (Å²) in [7, 11) is 0. The molecule has 1 atom stereocenters. The molecule has 1 heterocycles. The predicted octanol–water partition coefficient (Wildman–Crippen LogP) is 3.75. The highest BCUT2D eigenvalue weighted by atomic mass is 19.1. The molecule has 1 fully saturated rings. The molecule has 1 aliphatic heterocycles. The molecule has 2 aromatic carbocycles. The first kappa shape index (κ1) is 15.0. The zero-order valence-electron chi connectivity index (χ0n) is 13.1. The first-order valence-corrected chi connectivity index (χ1v) is 8.01. The number of rotatable bonds is 4. The van der Waals surface area contributed by atoms with E-state index in [0.717, 1.165) is 38.4 Å². The van der Waals surface area contributed by atoms with Gasteiger partial charge in [-0.25, -0.2) is 4.39 Å². The van der Waals surface area contributed by atoms with Crippen molar-refractivity contribution < 1.29 is 4.39 Å². The standard InChI is InChI=1S/C19H23FN2/c1-16(17-7-3-2-4-8-17)15-21-11-13-22(14-12-21)19-10-6-5-9-18(19)20/h2-10,16H,11-15H2,1H3/t16-/m0/s1. The van der Waals surface area contributed by atoms with Crippen LogP contribution in [0.2, 0.25) is 0 Å². The minimum Gasteiger partial charge on any atom is -0.367 e. The van der Waals surface area contributed by atoms with E-state index in [1.807, 2.05) is 12.1 Å². The molecule has 3 rings (SSSR count). The van der Waals surface area contributed by atoms with Crippen LogP contribution in [0, 0.1) is 5.82 Å². The Bertz CT molecular complexity index is 591. The normalized spacial score (nSPS) is 17.5. The molecule has 22 heavy (non-hydrogen) atoms. The van der Waals surface area contributed by atoms with E-state index < -0.39 is 0 Å². The SMILES string of the molecule is C[C@@H](CN1CCN(c2ccccc2F)CC1)c1ccccc1. The van der Waals surface area contributed by atoms with Crippen LogP contribution in [-0.4, -0.2) is 37.6 Å². The van der Waals surface area contributed by atoms with Gasteiger partial charge in [0, 0.05) is 32.7 Å². The van der Waals surface area contributed by atoms with Crippen molar-refractivity contribution in [1.29, 1.82) is 0 Å². The summed E-state index contributed by atoms with van der Waals surface area (Å²) < 4.78 is 13.8. The minimum absolute atomic E-state index is 0.117. The number of hydrogen-bond acceptors (Lipinski definition) is 2. The molecule has 0 aliphatic carbocycles. The second-order valence-electron chi connectivity index (χ2n) is 6.05. The van der Waals surface area contributed by atoms with Crippen LogP contribution in [0.1, 0.15) is 18.4 Å². The smallest absolute Gasteiger partial charge is 0.146 e. The summed E-state index contributed by atoms with van der Waals surface area (Å²) in [4.78, 5) is 4.63. The van der Waals surface area contributed by atoms with Gasteiger partial charge in [0.2, 0.25) is 0 Å². The molecule has 2 nitrogen and oxygen atoms in total. The number of anilines is 1. The Kier molecular flexibility index (Phi) is 4.74. The van der Waals surface area contributed by atoms with Gasteiger partial charge in [-0.3, -0.25) is 4.90 Å². The molecule has 0 radical (unpaired) electrons. The third-order valence-corrected chi connectivity index (χ3v) is 4.47. The molecule has 0 spiro atoms. The predicted molar refractivity (Wildman–Crippen MR) is 89.9 cm³/mol. The molecular formula is C19H23FN2. The van der Waals surface area contributed by atoms with Crippen molar-refractivity contribution in [2.24, 2.45) is 0 Å². The van der Waals surface area contributed by atoms with E-state index in [-0.39, 0.29) is 5.82 Å². The molecule has 3 heteroatoms. The van der Waals surface area contributed by atoms with Crippen LogP contribution in [-0.2, 0) is 0 Å². The maximum atomic E-state index is 13.8. The van der Waals surface area contributed by atoms with Gasteiger partial charge in [-0.05, 0) is 23.6 Å². The van der Waals surface area contributed by atoms with E-state index in [0.29, 0.717) is 5.92 Å². The van der Waals surface area contributed by atoms with E-state index in [4.69, 9.17) is 0 Å². The lowest BCUT2D eigenvalue weighted by molar-refractivity contribution is 0.245. The van der Waals surface area contributed by atoms with Crippen molar-refractivity contribution in [2.45, 2.75) is 12.8 Å². The zero-order valence-corrected chi connectivity index (χ0v) is 13.1. The van der Waals surface area contributed by atoms with Gasteiger partial charge in [-0.15, -0.1) is 0 Å². The molecule has 1 saturated heterocycles. The molecular weight excluding hydrogens is 275 g/mol. The summed E-state index contributed by atoms with van der Waals surface area (Å²) in [6.45, 7) is 7.11. The van der Waals surface area contributed by atoms with E-state index in [9.17, 15) is 4.39 Å². The second-order valence-corrected chi connectivity index (χ2v) is 6.05. The van der Waals surface area contributed by atoms with Crippen LogP contribution < -0.4 is 4.90 Å². The Hall–Kier alpha value is -1.87. The highest BCUT2D eigenvalue weighted by Gasteiger charge is 2.20. The maximum Gasteiger partial charge on any atom is 0.146 e. The molecule has 116 valence electrons. The maximum absolute atomic E-state index is 13.8. The lowest BCUT2D eigenvalue weighted by Crippen LogP contribution is -2.47. The van der Waals surface area contributed by atoms with E-state index >= 15 is 0 Å². The fourth-order valence-electron chi connectivity index (χ4n) is 3.15. The summed E-state index contributed by atoms with van der Waals surface area (Å²) >= 11 is 0. The lowest BCUT2D eigenvalue weighted by Gasteiger charge is -2.37. The van der Waals surface area contributed by atoms with Crippen LogP contribution in [0.15, 0.2) is 54.6 Å². The van der Waals surface area contributed by atoms with Crippen molar-refractivity contribution in [1.82, 2.24) is 4.90 Å². The van der Waals surface area contributed by atoms with E-state index in [1.54, 1.807) is 12.1 Å². The minimum atomic E-state index is -0.117. The second kappa shape index (κ2) is 6.93. The third kappa shape index (κ3) is 3.47. The number of hydrogen-bond donors (Lipinski definition) is 0. The number of halogens is 1. The fourth-order valence-corrected chi connectivity index (χ4v) is 3.15. The average Bonchev–Trinajstić information content (AvgIpc) is 2.57. The van der Waals surface area contributed by atoms with Gasteiger partial charge in [-0.2, -0.15) is 0 Å². The van der Waals surface area contributed by atoms with Crippen molar-refractivity contribution in [3.05, 3.63) is 66.0 Å². The first-order valence-electron chi connectivity index (χ1n) is 8.01. The molecule has 2 aromatic rings. The van der Waals surface area contributed by atoms with Crippen LogP contribution in [0.3, 0.4) is 0 Å². The van der Waals surface area contributed by atoms with Crippen molar-refractivity contribution in [2.75, 3.05) is 37.6 Å². The molecule has 0 unspecified atom stereocenters. The van der Waals surface area contributed by atoms with Crippen LogP contribution >= 0.6 is 0 Å². The number of para-hydroxylation sites is 1. The number of benzene rings is 2. The van der Waals surface area contributed by atoms with Crippen molar-refractivity contribution >= 4 is 5.69 Å². The van der Waals surface area contributed by atoms with E-state index in [2.05, 4.69) is 47.1 Å². The van der Waals surface area contributed by atoms with Crippen molar-refractivity contribution in [3.63, 3.8) is 0 Å². The Morgan fingerprint density at radius 1 is 0.909 bits per heavy atom. The van der Waals surface area contributed by atoms with Gasteiger partial charge in [0.1, 0.15) is 5.82 Å². The number of nitrogens with zero attached hydrogens (tertiary/aromatic N) is 2. The summed E-state index contributed by atoms with van der Waals surface area (Å²) in [5.41, 5.74) is 2.12. The number of piperazine rings is 1. The quantitative estimate of drug-likeness (QED) is 0.848. The van der Waals surface area contributed by atoms with Gasteiger partial charge in [0.25, 0.3) is 0 Å². The molecule has 1 aliphatic rings. The monoisotopic (exact) mass is 298 g/mol. The molecule has 0 N–H and O–H groups in total. The molecule has 0 aromatic heterocycles. The molecule has 0 saturated carbocycles. The fraction of sp³-hybridized carbons (Fsp3) is 0.368. The Morgan fingerprint density at radius 3 is 2.23 bits per heavy atom. The van der Waals surface area contributed by atoms with E-state index in [1.165, 1.54) is 5.56 Å². The topological polar surface area (TPSA) is 6.48 Å². The summed E-state index contributed by atoms with van der Waals surface area (Å²) in [6.07, 6.45) is 0. The van der Waals surface area contributed by atoms with Crippen LogP contribution in [0.25, 0.3) is 0 Å². The summed E-state index contributed by atoms with van der Waals surface area (Å²) in [6, 6.07) is 17.7. The molecule has 0 amide bonds. The molecule has 0 bridgehead atoms. The highest BCUT2D eigenvalue weighted by molar-refractivity contribution is 5.48. The van der Waals surface area contributed by atoms with Crippen LogP contribution in [0.4, 0.5) is 10.1 Å². The van der Waals surface area contributed by atoms with Gasteiger partial charge in [0.15, 0.2) is 0 Å². The zero-order chi connectivity index (χ0) is 15.4. The Labute approximate surface area is 132 Å². The third-order valence-electron chi connectivity index (χ3n) is 4.47. The van der Waals surface area contributed by atoms with Gasteiger partial charge in [-0.1, -0.05) is 49.4 Å². The Morgan fingerprint density at radius 2 is 1.55 bits per heavy atom. The largest absolute Gasteiger partial charge is 0.367 e. The lowest BCUT2D eigenvalue weighted by atomic mass is 10.0. The van der Waals surface area contributed by atoms with Gasteiger partial charge in [0.05, 0.1) is 5.69 Å².